The molecule has 0 fully saturated rings. The van der Waals surface area contributed by atoms with Crippen molar-refractivity contribution in [1.82, 2.24) is 0 Å². The fraction of sp³-hybridized carbons (Fsp3) is 0.250. The molecule has 2 aromatic rings. The standard InChI is InChI=1S/C20H20O8/c1-20(2,3)28-27-19(23)16-8-6-5-7-15(16)18(22)26-25-17(21)13-9-11-14(24-4)12-10-13/h5-12H,1-4H3. The quantitative estimate of drug-likeness (QED) is 0.567. The topological polar surface area (TPSA) is 97.4 Å². The van der Waals surface area contributed by atoms with E-state index in [9.17, 15) is 14.4 Å². The van der Waals surface area contributed by atoms with Gasteiger partial charge >= 0.3 is 17.9 Å². The van der Waals surface area contributed by atoms with Crippen LogP contribution in [0.1, 0.15) is 51.8 Å². The van der Waals surface area contributed by atoms with Crippen molar-refractivity contribution in [2.45, 2.75) is 26.4 Å². The summed E-state index contributed by atoms with van der Waals surface area (Å²) in [6.07, 6.45) is 0. The molecule has 2 rings (SSSR count). The Labute approximate surface area is 161 Å². The van der Waals surface area contributed by atoms with E-state index in [-0.39, 0.29) is 16.7 Å². The normalized spacial score (nSPS) is 10.7. The number of carbonyl (C=O) groups is 3. The van der Waals surface area contributed by atoms with Crippen LogP contribution in [-0.2, 0) is 19.6 Å². The van der Waals surface area contributed by atoms with Gasteiger partial charge in [0.15, 0.2) is 0 Å². The van der Waals surface area contributed by atoms with Crippen LogP contribution in [0.5, 0.6) is 5.75 Å². The Morgan fingerprint density at radius 1 is 0.714 bits per heavy atom. The summed E-state index contributed by atoms with van der Waals surface area (Å²) in [4.78, 5) is 55.2. The summed E-state index contributed by atoms with van der Waals surface area (Å²) in [7, 11) is 1.49. The first-order valence-electron chi connectivity index (χ1n) is 8.27. The van der Waals surface area contributed by atoms with Gasteiger partial charge in [-0.3, -0.25) is 4.89 Å². The molecule has 0 unspecified atom stereocenters. The van der Waals surface area contributed by atoms with Crippen molar-refractivity contribution in [3.8, 4) is 5.75 Å². The largest absolute Gasteiger partial charge is 0.497 e. The highest BCUT2D eigenvalue weighted by Gasteiger charge is 2.24. The van der Waals surface area contributed by atoms with Crippen LogP contribution in [0.25, 0.3) is 0 Å². The minimum atomic E-state index is -1.04. The maximum atomic E-state index is 12.2. The predicted molar refractivity (Wildman–Crippen MR) is 96.5 cm³/mol. The number of methoxy groups -OCH3 is 1. The summed E-state index contributed by atoms with van der Waals surface area (Å²) < 4.78 is 4.99. The lowest BCUT2D eigenvalue weighted by atomic mass is 10.1. The Bertz CT molecular complexity index is 849. The molecule has 0 aliphatic carbocycles. The Balaban J connectivity index is 2.03. The third-order valence-electron chi connectivity index (χ3n) is 3.25. The zero-order chi connectivity index (χ0) is 20.7. The van der Waals surface area contributed by atoms with Gasteiger partial charge in [0.2, 0.25) is 0 Å². The fourth-order valence-electron chi connectivity index (χ4n) is 1.94. The molecule has 8 nitrogen and oxygen atoms in total. The monoisotopic (exact) mass is 388 g/mol. The first-order chi connectivity index (χ1) is 13.2. The number of rotatable bonds is 5. The van der Waals surface area contributed by atoms with Gasteiger partial charge in [-0.15, -0.1) is 0 Å². The fourth-order valence-corrected chi connectivity index (χ4v) is 1.94. The van der Waals surface area contributed by atoms with Gasteiger partial charge in [-0.05, 0) is 57.2 Å². The highest BCUT2D eigenvalue weighted by molar-refractivity contribution is 6.03. The van der Waals surface area contributed by atoms with Crippen LogP contribution in [0.4, 0.5) is 0 Å². The molecule has 0 N–H and O–H groups in total. The minimum Gasteiger partial charge on any atom is -0.497 e. The van der Waals surface area contributed by atoms with Gasteiger partial charge in [0.1, 0.15) is 11.4 Å². The van der Waals surface area contributed by atoms with Crippen LogP contribution in [0, 0.1) is 0 Å². The smallest absolute Gasteiger partial charge is 0.387 e. The van der Waals surface area contributed by atoms with Gasteiger partial charge in [0.05, 0.1) is 23.8 Å². The molecule has 0 spiro atoms. The van der Waals surface area contributed by atoms with Crippen LogP contribution in [-0.4, -0.2) is 30.6 Å². The summed E-state index contributed by atoms with van der Waals surface area (Å²) in [6.45, 7) is 5.08. The van der Waals surface area contributed by atoms with E-state index in [0.717, 1.165) is 0 Å². The third-order valence-corrected chi connectivity index (χ3v) is 3.25. The van der Waals surface area contributed by atoms with E-state index in [1.54, 1.807) is 32.9 Å². The average molecular weight is 388 g/mol. The molecule has 0 bridgehead atoms. The van der Waals surface area contributed by atoms with Crippen molar-refractivity contribution in [3.63, 3.8) is 0 Å². The van der Waals surface area contributed by atoms with Crippen LogP contribution in [0.3, 0.4) is 0 Å². The van der Waals surface area contributed by atoms with Crippen molar-refractivity contribution >= 4 is 17.9 Å². The van der Waals surface area contributed by atoms with E-state index >= 15 is 0 Å². The average Bonchev–Trinajstić information content (AvgIpc) is 2.69. The molecule has 28 heavy (non-hydrogen) atoms. The molecule has 0 aliphatic heterocycles. The molecule has 2 aromatic carbocycles. The number of hydrogen-bond donors (Lipinski definition) is 0. The number of benzene rings is 2. The van der Waals surface area contributed by atoms with E-state index in [1.165, 1.54) is 43.5 Å². The van der Waals surface area contributed by atoms with E-state index in [0.29, 0.717) is 5.75 Å². The Morgan fingerprint density at radius 3 is 1.71 bits per heavy atom. The second-order valence-electron chi connectivity index (χ2n) is 6.58. The van der Waals surface area contributed by atoms with Crippen molar-refractivity contribution in [2.75, 3.05) is 7.11 Å². The Hall–Kier alpha value is -3.39. The summed E-state index contributed by atoms with van der Waals surface area (Å²) in [6, 6.07) is 11.7. The first kappa shape index (κ1) is 20.9. The highest BCUT2D eigenvalue weighted by Crippen LogP contribution is 2.16. The summed E-state index contributed by atoms with van der Waals surface area (Å²) in [5.74, 6) is -2.25. The number of ether oxygens (including phenoxy) is 1. The molecule has 0 aliphatic rings. The van der Waals surface area contributed by atoms with Crippen molar-refractivity contribution in [2.24, 2.45) is 0 Å². The second-order valence-corrected chi connectivity index (χ2v) is 6.58. The van der Waals surface area contributed by atoms with E-state index in [4.69, 9.17) is 14.5 Å². The van der Waals surface area contributed by atoms with E-state index in [1.807, 2.05) is 0 Å². The SMILES string of the molecule is COc1ccc(C(=O)OOC(=O)c2ccccc2C(=O)OOC(C)(C)C)cc1. The molecule has 0 amide bonds. The van der Waals surface area contributed by atoms with E-state index < -0.39 is 23.5 Å². The molecule has 0 atom stereocenters. The number of hydrogen-bond acceptors (Lipinski definition) is 8. The van der Waals surface area contributed by atoms with Gasteiger partial charge in [0, 0.05) is 0 Å². The molecule has 8 heteroatoms. The third kappa shape index (κ3) is 5.82. The summed E-state index contributed by atoms with van der Waals surface area (Å²) >= 11 is 0. The van der Waals surface area contributed by atoms with Gasteiger partial charge < -0.3 is 4.74 Å². The van der Waals surface area contributed by atoms with Crippen molar-refractivity contribution in [3.05, 3.63) is 65.2 Å². The molecule has 0 aromatic heterocycles. The zero-order valence-electron chi connectivity index (χ0n) is 15.9. The summed E-state index contributed by atoms with van der Waals surface area (Å²) in [5, 5.41) is 0. The van der Waals surface area contributed by atoms with Crippen LogP contribution < -0.4 is 4.74 Å². The lowest BCUT2D eigenvalue weighted by Gasteiger charge is -2.17. The van der Waals surface area contributed by atoms with Crippen LogP contribution in [0.15, 0.2) is 48.5 Å². The molecular weight excluding hydrogens is 368 g/mol. The zero-order valence-corrected chi connectivity index (χ0v) is 15.9. The van der Waals surface area contributed by atoms with Crippen LogP contribution >= 0.6 is 0 Å². The maximum absolute atomic E-state index is 12.2. The maximum Gasteiger partial charge on any atom is 0.387 e. The Kier molecular flexibility index (Phi) is 6.73. The van der Waals surface area contributed by atoms with E-state index in [2.05, 4.69) is 9.78 Å². The second kappa shape index (κ2) is 9.01. The molecule has 0 radical (unpaired) electrons. The van der Waals surface area contributed by atoms with Gasteiger partial charge in [-0.1, -0.05) is 12.1 Å². The summed E-state index contributed by atoms with van der Waals surface area (Å²) in [5.41, 5.74) is -0.816. The molecule has 0 saturated heterocycles. The van der Waals surface area contributed by atoms with Crippen LogP contribution in [0.2, 0.25) is 0 Å². The van der Waals surface area contributed by atoms with Crippen molar-refractivity contribution in [1.29, 1.82) is 0 Å². The molecule has 0 heterocycles. The van der Waals surface area contributed by atoms with Gasteiger partial charge in [-0.2, -0.15) is 4.89 Å². The highest BCUT2D eigenvalue weighted by atomic mass is 17.2. The van der Waals surface area contributed by atoms with Gasteiger partial charge in [0.25, 0.3) is 0 Å². The van der Waals surface area contributed by atoms with Gasteiger partial charge in [-0.25, -0.2) is 24.2 Å². The lowest BCUT2D eigenvalue weighted by molar-refractivity contribution is -0.301. The predicted octanol–water partition coefficient (Wildman–Crippen LogP) is 3.51. The lowest BCUT2D eigenvalue weighted by Crippen LogP contribution is -2.23. The molecular formula is C20H20O8. The van der Waals surface area contributed by atoms with Crippen molar-refractivity contribution < 1.29 is 38.7 Å². The molecule has 148 valence electrons. The minimum absolute atomic E-state index is 0.0998. The molecule has 0 saturated carbocycles. The first-order valence-corrected chi connectivity index (χ1v) is 8.27. The Morgan fingerprint density at radius 2 is 1.21 bits per heavy atom. The number of carbonyl (C=O) groups excluding carboxylic acids is 3.